The van der Waals surface area contributed by atoms with Gasteiger partial charge in [0.05, 0.1) is 18.5 Å². The number of amides is 1. The smallest absolute Gasteiger partial charge is 0.251 e. The van der Waals surface area contributed by atoms with E-state index in [-0.39, 0.29) is 29.1 Å². The number of aromatic nitrogens is 1. The van der Waals surface area contributed by atoms with Gasteiger partial charge in [0, 0.05) is 18.2 Å². The van der Waals surface area contributed by atoms with Gasteiger partial charge in [-0.1, -0.05) is 26.0 Å². The number of hydrogen-bond acceptors (Lipinski definition) is 3. The molecule has 3 aromatic rings. The highest BCUT2D eigenvalue weighted by Gasteiger charge is 2.24. The molecule has 1 heterocycles. The molecular formula is C23H25FN2O3. The number of nitrogens with one attached hydrogen (secondary N) is 2. The molecule has 29 heavy (non-hydrogen) atoms. The number of fused-ring (bicyclic) bond motifs is 1. The van der Waals surface area contributed by atoms with E-state index in [0.717, 1.165) is 10.9 Å². The summed E-state index contributed by atoms with van der Waals surface area (Å²) >= 11 is 0. The minimum Gasteiger partial charge on any atom is -0.497 e. The fourth-order valence-corrected chi connectivity index (χ4v) is 3.48. The zero-order chi connectivity index (χ0) is 21.0. The molecule has 1 unspecified atom stereocenters. The quantitative estimate of drug-likeness (QED) is 0.639. The molecule has 0 aliphatic carbocycles. The molecule has 0 aliphatic rings. The summed E-state index contributed by atoms with van der Waals surface area (Å²) in [6.45, 7) is 4.25. The predicted octanol–water partition coefficient (Wildman–Crippen LogP) is 3.77. The minimum absolute atomic E-state index is 0.0551. The number of carbonyl (C=O) groups excluding carboxylic acids is 1. The maximum Gasteiger partial charge on any atom is 0.251 e. The van der Waals surface area contributed by atoms with Gasteiger partial charge in [-0.3, -0.25) is 9.59 Å². The van der Waals surface area contributed by atoms with Crippen molar-refractivity contribution in [2.45, 2.75) is 26.2 Å². The second-order valence-corrected chi connectivity index (χ2v) is 7.39. The summed E-state index contributed by atoms with van der Waals surface area (Å²) in [5.74, 6) is -0.107. The van der Waals surface area contributed by atoms with Gasteiger partial charge in [0.15, 0.2) is 0 Å². The van der Waals surface area contributed by atoms with Crippen LogP contribution in [-0.4, -0.2) is 24.5 Å². The molecule has 0 spiro atoms. The highest BCUT2D eigenvalue weighted by atomic mass is 19.1. The molecule has 0 radical (unpaired) electrons. The van der Waals surface area contributed by atoms with E-state index in [0.29, 0.717) is 29.8 Å². The SMILES string of the molecule is COc1ccc2cc(CCNC(=O)C(c3ccc(F)cc3)C(C)C)c(=O)[nH]c2c1. The number of ether oxygens (including phenoxy) is 1. The van der Waals surface area contributed by atoms with Crippen molar-refractivity contribution < 1.29 is 13.9 Å². The lowest BCUT2D eigenvalue weighted by molar-refractivity contribution is -0.123. The van der Waals surface area contributed by atoms with Crippen LogP contribution in [0.4, 0.5) is 4.39 Å². The van der Waals surface area contributed by atoms with Crippen LogP contribution >= 0.6 is 0 Å². The van der Waals surface area contributed by atoms with Crippen molar-refractivity contribution in [3.05, 3.63) is 75.8 Å². The summed E-state index contributed by atoms with van der Waals surface area (Å²) in [4.78, 5) is 27.9. The monoisotopic (exact) mass is 396 g/mol. The maximum atomic E-state index is 13.2. The average molecular weight is 396 g/mol. The van der Waals surface area contributed by atoms with Crippen LogP contribution in [0.1, 0.15) is 30.9 Å². The Labute approximate surface area is 168 Å². The number of methoxy groups -OCH3 is 1. The van der Waals surface area contributed by atoms with Gasteiger partial charge in [0.1, 0.15) is 11.6 Å². The normalized spacial score (nSPS) is 12.2. The van der Waals surface area contributed by atoms with Crippen LogP contribution in [0.5, 0.6) is 5.75 Å². The number of H-pyrrole nitrogens is 1. The molecule has 0 saturated carbocycles. The van der Waals surface area contributed by atoms with Crippen molar-refractivity contribution >= 4 is 16.8 Å². The molecule has 1 amide bonds. The van der Waals surface area contributed by atoms with E-state index in [2.05, 4.69) is 10.3 Å². The number of aromatic amines is 1. The van der Waals surface area contributed by atoms with E-state index in [1.54, 1.807) is 25.3 Å². The third kappa shape index (κ3) is 4.83. The summed E-state index contributed by atoms with van der Waals surface area (Å²) in [7, 11) is 1.58. The predicted molar refractivity (Wildman–Crippen MR) is 112 cm³/mol. The van der Waals surface area contributed by atoms with Gasteiger partial charge in [0.25, 0.3) is 5.56 Å². The van der Waals surface area contributed by atoms with E-state index in [1.807, 2.05) is 32.0 Å². The molecule has 0 fully saturated rings. The zero-order valence-corrected chi connectivity index (χ0v) is 16.8. The molecule has 0 saturated heterocycles. The lowest BCUT2D eigenvalue weighted by Crippen LogP contribution is -2.34. The summed E-state index contributed by atoms with van der Waals surface area (Å²) in [6, 6.07) is 13.3. The van der Waals surface area contributed by atoms with Crippen LogP contribution < -0.4 is 15.6 Å². The molecular weight excluding hydrogens is 371 g/mol. The number of pyridine rings is 1. The molecule has 3 rings (SSSR count). The van der Waals surface area contributed by atoms with Gasteiger partial charge in [-0.15, -0.1) is 0 Å². The first-order valence-electron chi connectivity index (χ1n) is 9.62. The van der Waals surface area contributed by atoms with Crippen molar-refractivity contribution in [1.29, 1.82) is 0 Å². The standard InChI is InChI=1S/C23H25FN2O3/c1-14(2)21(15-4-7-18(24)8-5-15)23(28)25-11-10-17-12-16-6-9-19(29-3)13-20(16)26-22(17)27/h4-9,12-14,21H,10-11H2,1-3H3,(H,25,28)(H,26,27). The molecule has 5 nitrogen and oxygen atoms in total. The third-order valence-electron chi connectivity index (χ3n) is 5.00. The second-order valence-electron chi connectivity index (χ2n) is 7.39. The number of carbonyl (C=O) groups is 1. The van der Waals surface area contributed by atoms with Gasteiger partial charge in [-0.25, -0.2) is 4.39 Å². The molecule has 1 atom stereocenters. The van der Waals surface area contributed by atoms with E-state index < -0.39 is 0 Å². The topological polar surface area (TPSA) is 71.2 Å². The Bertz CT molecular complexity index is 1060. The van der Waals surface area contributed by atoms with E-state index >= 15 is 0 Å². The van der Waals surface area contributed by atoms with Crippen molar-refractivity contribution in [2.75, 3.05) is 13.7 Å². The van der Waals surface area contributed by atoms with E-state index in [4.69, 9.17) is 4.74 Å². The molecule has 152 valence electrons. The molecule has 6 heteroatoms. The van der Waals surface area contributed by atoms with Gasteiger partial charge in [-0.05, 0) is 53.6 Å². The fraction of sp³-hybridized carbons (Fsp3) is 0.304. The Hall–Kier alpha value is -3.15. The lowest BCUT2D eigenvalue weighted by Gasteiger charge is -2.20. The van der Waals surface area contributed by atoms with E-state index in [1.165, 1.54) is 12.1 Å². The molecule has 2 aromatic carbocycles. The van der Waals surface area contributed by atoms with Crippen molar-refractivity contribution in [3.63, 3.8) is 0 Å². The molecule has 0 bridgehead atoms. The first kappa shape index (κ1) is 20.6. The van der Waals surface area contributed by atoms with Crippen LogP contribution in [0, 0.1) is 11.7 Å². The van der Waals surface area contributed by atoms with Crippen LogP contribution in [0.3, 0.4) is 0 Å². The maximum absolute atomic E-state index is 13.2. The highest BCUT2D eigenvalue weighted by Crippen LogP contribution is 2.25. The summed E-state index contributed by atoms with van der Waals surface area (Å²) < 4.78 is 18.4. The van der Waals surface area contributed by atoms with Crippen LogP contribution in [0.15, 0.2) is 53.3 Å². The summed E-state index contributed by atoms with van der Waals surface area (Å²) in [5.41, 5.74) is 1.90. The van der Waals surface area contributed by atoms with Crippen LogP contribution in [-0.2, 0) is 11.2 Å². The zero-order valence-electron chi connectivity index (χ0n) is 16.8. The van der Waals surface area contributed by atoms with Gasteiger partial charge < -0.3 is 15.0 Å². The van der Waals surface area contributed by atoms with Crippen molar-refractivity contribution in [2.24, 2.45) is 5.92 Å². The van der Waals surface area contributed by atoms with Gasteiger partial charge in [0.2, 0.25) is 5.91 Å². The average Bonchev–Trinajstić information content (AvgIpc) is 2.69. The number of hydrogen-bond donors (Lipinski definition) is 2. The minimum atomic E-state index is -0.377. The van der Waals surface area contributed by atoms with Gasteiger partial charge >= 0.3 is 0 Å². The fourth-order valence-electron chi connectivity index (χ4n) is 3.48. The summed E-state index contributed by atoms with van der Waals surface area (Å²) in [6.07, 6.45) is 0.414. The number of benzene rings is 2. The number of halogens is 1. The second kappa shape index (κ2) is 8.90. The number of rotatable bonds is 7. The van der Waals surface area contributed by atoms with Crippen molar-refractivity contribution in [1.82, 2.24) is 10.3 Å². The first-order chi connectivity index (χ1) is 13.9. The molecule has 1 aromatic heterocycles. The van der Waals surface area contributed by atoms with Crippen molar-refractivity contribution in [3.8, 4) is 5.75 Å². The molecule has 0 aliphatic heterocycles. The third-order valence-corrected chi connectivity index (χ3v) is 5.00. The molecule has 2 N–H and O–H groups in total. The Kier molecular flexibility index (Phi) is 6.32. The Morgan fingerprint density at radius 2 is 1.86 bits per heavy atom. The lowest BCUT2D eigenvalue weighted by atomic mass is 9.87. The van der Waals surface area contributed by atoms with Crippen LogP contribution in [0.25, 0.3) is 10.9 Å². The van der Waals surface area contributed by atoms with Crippen LogP contribution in [0.2, 0.25) is 0 Å². The largest absolute Gasteiger partial charge is 0.497 e. The Morgan fingerprint density at radius 1 is 1.14 bits per heavy atom. The van der Waals surface area contributed by atoms with Gasteiger partial charge in [-0.2, -0.15) is 0 Å². The first-order valence-corrected chi connectivity index (χ1v) is 9.62. The Balaban J connectivity index is 1.69. The highest BCUT2D eigenvalue weighted by molar-refractivity contribution is 5.84. The Morgan fingerprint density at radius 3 is 2.52 bits per heavy atom. The summed E-state index contributed by atoms with van der Waals surface area (Å²) in [5, 5.41) is 3.81. The van der Waals surface area contributed by atoms with E-state index in [9.17, 15) is 14.0 Å².